The number of fused-ring (bicyclic) bond motifs is 3. The van der Waals surface area contributed by atoms with Crippen LogP contribution in [-0.2, 0) is 24.1 Å². The second kappa shape index (κ2) is 7.30. The number of H-pyrrole nitrogens is 1. The summed E-state index contributed by atoms with van der Waals surface area (Å²) in [6, 6.07) is -0.434. The van der Waals surface area contributed by atoms with Crippen LogP contribution in [0.5, 0.6) is 0 Å². The Balaban J connectivity index is 1.35. The zero-order valence-electron chi connectivity index (χ0n) is 15.0. The maximum atomic E-state index is 12.5. The van der Waals surface area contributed by atoms with E-state index in [2.05, 4.69) is 20.6 Å². The van der Waals surface area contributed by atoms with Gasteiger partial charge in [-0.05, 0) is 44.1 Å². The number of aryl methyl sites for hydroxylation is 3. The largest absolute Gasteiger partial charge is 0.353 e. The molecular weight excluding hydrogens is 366 g/mol. The lowest BCUT2D eigenvalue weighted by Gasteiger charge is -2.35. The van der Waals surface area contributed by atoms with E-state index in [1.807, 2.05) is 0 Å². The molecule has 0 bridgehead atoms. The molecule has 2 aliphatic carbocycles. The molecule has 2 heterocycles. The predicted molar refractivity (Wildman–Crippen MR) is 103 cm³/mol. The summed E-state index contributed by atoms with van der Waals surface area (Å²) in [6.07, 6.45) is 6.32. The lowest BCUT2D eigenvalue weighted by atomic mass is 9.86. The van der Waals surface area contributed by atoms with Crippen LogP contribution in [0.2, 0.25) is 0 Å². The van der Waals surface area contributed by atoms with Crippen LogP contribution in [-0.4, -0.2) is 34.0 Å². The van der Waals surface area contributed by atoms with E-state index < -0.39 is 6.03 Å². The maximum Gasteiger partial charge on any atom is 0.312 e. The van der Waals surface area contributed by atoms with E-state index in [0.29, 0.717) is 25.1 Å². The Morgan fingerprint density at radius 3 is 2.70 bits per heavy atom. The van der Waals surface area contributed by atoms with Gasteiger partial charge in [-0.2, -0.15) is 0 Å². The summed E-state index contributed by atoms with van der Waals surface area (Å²) >= 11 is 1.61. The molecular formula is C18H23N5O3S. The molecule has 0 aromatic carbocycles. The van der Waals surface area contributed by atoms with Crippen molar-refractivity contribution in [3.05, 3.63) is 26.6 Å². The third kappa shape index (κ3) is 3.83. The third-order valence-corrected chi connectivity index (χ3v) is 6.50. The van der Waals surface area contributed by atoms with Crippen LogP contribution in [0, 0.1) is 0 Å². The average Bonchev–Trinajstić information content (AvgIpc) is 2.96. The van der Waals surface area contributed by atoms with Crippen LogP contribution in [0.4, 0.5) is 4.79 Å². The topological polar surface area (TPSA) is 130 Å². The SMILES string of the molecule is NC(=O)NC1CC(NC(=O)CCc2nc3sc4c(c3c(=O)[nH]2)CCCC4)C1. The number of nitrogens with zero attached hydrogens (tertiary/aromatic N) is 1. The minimum atomic E-state index is -0.537. The van der Waals surface area contributed by atoms with Gasteiger partial charge >= 0.3 is 6.03 Å². The maximum absolute atomic E-state index is 12.5. The number of urea groups is 1. The van der Waals surface area contributed by atoms with Crippen molar-refractivity contribution in [2.45, 2.75) is 63.5 Å². The van der Waals surface area contributed by atoms with Crippen LogP contribution < -0.4 is 21.9 Å². The highest BCUT2D eigenvalue weighted by atomic mass is 32.1. The molecule has 144 valence electrons. The van der Waals surface area contributed by atoms with Crippen molar-refractivity contribution in [3.8, 4) is 0 Å². The van der Waals surface area contributed by atoms with Crippen LogP contribution in [0.1, 0.15) is 48.4 Å². The number of aromatic nitrogens is 2. The quantitative estimate of drug-likeness (QED) is 0.610. The number of carbonyl (C=O) groups is 2. The summed E-state index contributed by atoms with van der Waals surface area (Å²) < 4.78 is 0. The second-order valence-corrected chi connectivity index (χ2v) is 8.43. The molecule has 5 N–H and O–H groups in total. The Morgan fingerprint density at radius 2 is 1.93 bits per heavy atom. The highest BCUT2D eigenvalue weighted by molar-refractivity contribution is 7.18. The van der Waals surface area contributed by atoms with E-state index in [-0.39, 0.29) is 30.0 Å². The van der Waals surface area contributed by atoms with Crippen LogP contribution in [0.25, 0.3) is 10.2 Å². The van der Waals surface area contributed by atoms with Gasteiger partial charge in [-0.15, -0.1) is 11.3 Å². The monoisotopic (exact) mass is 389 g/mol. The van der Waals surface area contributed by atoms with Crippen molar-refractivity contribution in [1.29, 1.82) is 0 Å². The van der Waals surface area contributed by atoms with Crippen molar-refractivity contribution in [2.75, 3.05) is 0 Å². The lowest BCUT2D eigenvalue weighted by Crippen LogP contribution is -2.54. The molecule has 3 amide bonds. The Kier molecular flexibility index (Phi) is 4.86. The van der Waals surface area contributed by atoms with Crippen molar-refractivity contribution >= 4 is 33.5 Å². The second-order valence-electron chi connectivity index (χ2n) is 7.35. The Bertz CT molecular complexity index is 944. The first-order valence-electron chi connectivity index (χ1n) is 9.38. The molecule has 0 radical (unpaired) electrons. The molecule has 2 aliphatic rings. The minimum Gasteiger partial charge on any atom is -0.353 e. The summed E-state index contributed by atoms with van der Waals surface area (Å²) in [6.45, 7) is 0. The van der Waals surface area contributed by atoms with Gasteiger partial charge in [-0.1, -0.05) is 0 Å². The summed E-state index contributed by atoms with van der Waals surface area (Å²) in [5.41, 5.74) is 6.15. The number of hydrogen-bond acceptors (Lipinski definition) is 5. The Morgan fingerprint density at radius 1 is 1.19 bits per heavy atom. The fourth-order valence-electron chi connectivity index (χ4n) is 3.91. The molecule has 0 saturated heterocycles. The van der Waals surface area contributed by atoms with E-state index in [4.69, 9.17) is 5.73 Å². The van der Waals surface area contributed by atoms with E-state index in [1.165, 1.54) is 16.9 Å². The number of thiophene rings is 1. The van der Waals surface area contributed by atoms with Gasteiger partial charge in [-0.25, -0.2) is 9.78 Å². The molecule has 0 spiro atoms. The highest BCUT2D eigenvalue weighted by Gasteiger charge is 2.30. The average molecular weight is 389 g/mol. The summed E-state index contributed by atoms with van der Waals surface area (Å²) in [5.74, 6) is 0.480. The normalized spacial score (nSPS) is 21.3. The van der Waals surface area contributed by atoms with Crippen molar-refractivity contribution in [3.63, 3.8) is 0 Å². The minimum absolute atomic E-state index is 0.0399. The number of aromatic amines is 1. The molecule has 2 aromatic rings. The summed E-state index contributed by atoms with van der Waals surface area (Å²) in [4.78, 5) is 44.9. The molecule has 1 fully saturated rings. The fourth-order valence-corrected chi connectivity index (χ4v) is 5.19. The van der Waals surface area contributed by atoms with Crippen LogP contribution >= 0.6 is 11.3 Å². The first-order valence-corrected chi connectivity index (χ1v) is 10.2. The zero-order chi connectivity index (χ0) is 19.0. The first-order chi connectivity index (χ1) is 13.0. The number of hydrogen-bond donors (Lipinski definition) is 4. The van der Waals surface area contributed by atoms with Crippen molar-refractivity contribution < 1.29 is 9.59 Å². The molecule has 0 atom stereocenters. The lowest BCUT2D eigenvalue weighted by molar-refractivity contribution is -0.122. The zero-order valence-corrected chi connectivity index (χ0v) is 15.8. The molecule has 0 unspecified atom stereocenters. The van der Waals surface area contributed by atoms with E-state index >= 15 is 0 Å². The molecule has 27 heavy (non-hydrogen) atoms. The van der Waals surface area contributed by atoms with E-state index in [9.17, 15) is 14.4 Å². The van der Waals surface area contributed by atoms with Crippen LogP contribution in [0.3, 0.4) is 0 Å². The smallest absolute Gasteiger partial charge is 0.312 e. The number of nitrogens with one attached hydrogen (secondary N) is 3. The molecule has 9 heteroatoms. The molecule has 4 rings (SSSR count). The van der Waals surface area contributed by atoms with E-state index in [0.717, 1.165) is 29.5 Å². The number of amides is 3. The van der Waals surface area contributed by atoms with Gasteiger partial charge in [0.15, 0.2) is 0 Å². The molecule has 2 aromatic heterocycles. The van der Waals surface area contributed by atoms with Gasteiger partial charge in [0.2, 0.25) is 5.91 Å². The van der Waals surface area contributed by atoms with Crippen LogP contribution in [0.15, 0.2) is 4.79 Å². The summed E-state index contributed by atoms with van der Waals surface area (Å²) in [7, 11) is 0. The standard InChI is InChI=1S/C18H23N5O3S/c19-18(26)21-10-7-9(8-10)20-14(24)6-5-13-22-16(25)15-11-3-1-2-4-12(11)27-17(15)23-13/h9-10H,1-8H2,(H,20,24)(H3,19,21,26)(H,22,23,25). The van der Waals surface area contributed by atoms with Gasteiger partial charge in [-0.3, -0.25) is 9.59 Å². The predicted octanol–water partition coefficient (Wildman–Crippen LogP) is 1.11. The number of carbonyl (C=O) groups excluding carboxylic acids is 2. The van der Waals surface area contributed by atoms with Crippen molar-refractivity contribution in [2.24, 2.45) is 5.73 Å². The van der Waals surface area contributed by atoms with Gasteiger partial charge < -0.3 is 21.4 Å². The Hall–Kier alpha value is -2.42. The number of nitrogens with two attached hydrogens (primary N) is 1. The highest BCUT2D eigenvalue weighted by Crippen LogP contribution is 2.33. The van der Waals surface area contributed by atoms with Gasteiger partial charge in [0.05, 0.1) is 5.39 Å². The molecule has 1 saturated carbocycles. The van der Waals surface area contributed by atoms with Crippen molar-refractivity contribution in [1.82, 2.24) is 20.6 Å². The molecule has 8 nitrogen and oxygen atoms in total. The first kappa shape index (κ1) is 18.0. The Labute approximate surface area is 159 Å². The fraction of sp³-hybridized carbons (Fsp3) is 0.556. The van der Waals surface area contributed by atoms with Gasteiger partial charge in [0.25, 0.3) is 5.56 Å². The van der Waals surface area contributed by atoms with E-state index in [1.54, 1.807) is 11.3 Å². The molecule has 0 aliphatic heterocycles. The van der Waals surface area contributed by atoms with Gasteiger partial charge in [0, 0.05) is 29.8 Å². The van der Waals surface area contributed by atoms with Gasteiger partial charge in [0.1, 0.15) is 10.7 Å². The summed E-state index contributed by atoms with van der Waals surface area (Å²) in [5, 5.41) is 6.30. The number of primary amides is 1. The number of rotatable bonds is 5. The third-order valence-electron chi connectivity index (χ3n) is 5.31.